The average molecular weight is 204 g/mol. The van der Waals surface area contributed by atoms with Crippen LogP contribution in [0.4, 0.5) is 0 Å². The van der Waals surface area contributed by atoms with Crippen molar-refractivity contribution in [1.82, 2.24) is 16.3 Å². The summed E-state index contributed by atoms with van der Waals surface area (Å²) in [5.74, 6) is 14.0. The van der Waals surface area contributed by atoms with Gasteiger partial charge in [-0.05, 0) is 5.92 Å². The van der Waals surface area contributed by atoms with Gasteiger partial charge in [-0.3, -0.25) is 31.7 Å². The zero-order valence-corrected chi connectivity index (χ0v) is 7.75. The molecule has 0 aliphatic heterocycles. The van der Waals surface area contributed by atoms with Gasteiger partial charge in [0.1, 0.15) is 0 Å². The third-order valence-corrected chi connectivity index (χ3v) is 1.68. The lowest BCUT2D eigenvalue weighted by atomic mass is 10.0. The van der Waals surface area contributed by atoms with E-state index in [1.165, 1.54) is 0 Å². The van der Waals surface area contributed by atoms with E-state index in [9.17, 15) is 9.59 Å². The summed E-state index contributed by atoms with van der Waals surface area (Å²) in [4.78, 5) is 21.8. The summed E-state index contributed by atoms with van der Waals surface area (Å²) < 4.78 is 0. The zero-order valence-electron chi connectivity index (χ0n) is 7.75. The van der Waals surface area contributed by atoms with Gasteiger partial charge in [0.05, 0.1) is 0 Å². The predicted octanol–water partition coefficient (Wildman–Crippen LogP) is -3.17. The first-order chi connectivity index (χ1) is 6.63. The van der Waals surface area contributed by atoms with Crippen LogP contribution in [0.5, 0.6) is 0 Å². The van der Waals surface area contributed by atoms with Crippen LogP contribution in [0.3, 0.4) is 0 Å². The molecule has 82 valence electrons. The molecule has 0 saturated heterocycles. The number of nitrogens with one attached hydrogen (secondary N) is 3. The Bertz CT molecular complexity index is 179. The Morgan fingerprint density at radius 2 is 1.43 bits per heavy atom. The fourth-order valence-electron chi connectivity index (χ4n) is 1.03. The highest BCUT2D eigenvalue weighted by atomic mass is 16.2. The van der Waals surface area contributed by atoms with Gasteiger partial charge in [0, 0.05) is 19.4 Å². The van der Waals surface area contributed by atoms with Crippen LogP contribution in [0.25, 0.3) is 0 Å². The Kier molecular flexibility index (Phi) is 6.58. The van der Waals surface area contributed by atoms with E-state index in [1.54, 1.807) is 0 Å². The standard InChI is InChI=1S/C6H16N6O2/c7-10-3-4(1-5(13)11-8)2-6(14)12-9/h4,10H,1-3,7-9H2,(H,11,13)(H,12,14). The third-order valence-electron chi connectivity index (χ3n) is 1.68. The predicted molar refractivity (Wildman–Crippen MR) is 49.6 cm³/mol. The van der Waals surface area contributed by atoms with E-state index in [-0.39, 0.29) is 30.6 Å². The van der Waals surface area contributed by atoms with E-state index in [2.05, 4.69) is 5.43 Å². The smallest absolute Gasteiger partial charge is 0.234 e. The maximum absolute atomic E-state index is 10.9. The average Bonchev–Trinajstić information content (AvgIpc) is 2.17. The number of hydrogen-bond donors (Lipinski definition) is 6. The second-order valence-corrected chi connectivity index (χ2v) is 2.82. The van der Waals surface area contributed by atoms with Crippen LogP contribution in [0.2, 0.25) is 0 Å². The molecule has 0 saturated carbocycles. The summed E-state index contributed by atoms with van der Waals surface area (Å²) in [5, 5.41) is 0. The lowest BCUT2D eigenvalue weighted by Gasteiger charge is -2.13. The van der Waals surface area contributed by atoms with Crippen molar-refractivity contribution in [2.45, 2.75) is 12.8 Å². The van der Waals surface area contributed by atoms with Gasteiger partial charge in [-0.2, -0.15) is 0 Å². The molecule has 0 radical (unpaired) electrons. The van der Waals surface area contributed by atoms with Crippen molar-refractivity contribution >= 4 is 11.8 Å². The quantitative estimate of drug-likeness (QED) is 0.153. The molecular weight excluding hydrogens is 188 g/mol. The Hall–Kier alpha value is -1.22. The first-order valence-corrected chi connectivity index (χ1v) is 4.06. The van der Waals surface area contributed by atoms with E-state index >= 15 is 0 Å². The number of hydrazine groups is 3. The van der Waals surface area contributed by atoms with Gasteiger partial charge in [-0.1, -0.05) is 0 Å². The van der Waals surface area contributed by atoms with Crippen molar-refractivity contribution in [1.29, 1.82) is 0 Å². The second-order valence-electron chi connectivity index (χ2n) is 2.82. The van der Waals surface area contributed by atoms with Crippen LogP contribution in [0.1, 0.15) is 12.8 Å². The topological polar surface area (TPSA) is 148 Å². The molecule has 9 N–H and O–H groups in total. The number of carbonyl (C=O) groups is 2. The highest BCUT2D eigenvalue weighted by molar-refractivity contribution is 5.78. The summed E-state index contributed by atoms with van der Waals surface area (Å²) in [5.41, 5.74) is 6.33. The highest BCUT2D eigenvalue weighted by Gasteiger charge is 2.16. The van der Waals surface area contributed by atoms with Crippen LogP contribution in [0.15, 0.2) is 0 Å². The Labute approximate surface area is 81.5 Å². The Balaban J connectivity index is 4.00. The van der Waals surface area contributed by atoms with E-state index in [4.69, 9.17) is 17.5 Å². The largest absolute Gasteiger partial charge is 0.294 e. The van der Waals surface area contributed by atoms with E-state index < -0.39 is 0 Å². The first kappa shape index (κ1) is 12.8. The Morgan fingerprint density at radius 3 is 1.71 bits per heavy atom. The van der Waals surface area contributed by atoms with Gasteiger partial charge in [-0.15, -0.1) is 0 Å². The molecule has 0 aliphatic carbocycles. The zero-order chi connectivity index (χ0) is 11.0. The lowest BCUT2D eigenvalue weighted by Crippen LogP contribution is -2.39. The second kappa shape index (κ2) is 7.21. The summed E-state index contributed by atoms with van der Waals surface area (Å²) in [6.07, 6.45) is 0.238. The number of rotatable bonds is 6. The van der Waals surface area contributed by atoms with Gasteiger partial charge in [0.15, 0.2) is 0 Å². The molecule has 0 heterocycles. The molecule has 0 spiro atoms. The van der Waals surface area contributed by atoms with Gasteiger partial charge in [-0.25, -0.2) is 11.7 Å². The third kappa shape index (κ3) is 5.43. The molecule has 2 amide bonds. The van der Waals surface area contributed by atoms with E-state index in [0.29, 0.717) is 6.54 Å². The number of amides is 2. The van der Waals surface area contributed by atoms with E-state index in [1.807, 2.05) is 10.9 Å². The SMILES string of the molecule is NNCC(CC(=O)NN)CC(=O)NN. The van der Waals surface area contributed by atoms with Crippen molar-refractivity contribution in [3.05, 3.63) is 0 Å². The summed E-state index contributed by atoms with van der Waals surface area (Å²) in [6.45, 7) is 0.334. The molecule has 0 aromatic rings. The number of carbonyl (C=O) groups excluding carboxylic acids is 2. The summed E-state index contributed by atoms with van der Waals surface area (Å²) in [7, 11) is 0. The minimum absolute atomic E-state index is 0.119. The maximum atomic E-state index is 10.9. The molecule has 0 bridgehead atoms. The van der Waals surface area contributed by atoms with Gasteiger partial charge in [0.25, 0.3) is 0 Å². The van der Waals surface area contributed by atoms with Crippen LogP contribution in [-0.2, 0) is 9.59 Å². The van der Waals surface area contributed by atoms with Gasteiger partial charge in [0.2, 0.25) is 11.8 Å². The van der Waals surface area contributed by atoms with Crippen LogP contribution in [-0.4, -0.2) is 18.4 Å². The van der Waals surface area contributed by atoms with Crippen molar-refractivity contribution in [2.24, 2.45) is 23.4 Å². The lowest BCUT2D eigenvalue weighted by molar-refractivity contribution is -0.124. The Morgan fingerprint density at radius 1 is 1.00 bits per heavy atom. The molecule has 0 rings (SSSR count). The summed E-state index contributed by atoms with van der Waals surface area (Å²) >= 11 is 0. The van der Waals surface area contributed by atoms with Crippen molar-refractivity contribution in [3.63, 3.8) is 0 Å². The molecule has 14 heavy (non-hydrogen) atoms. The molecule has 0 aromatic carbocycles. The molecule has 0 unspecified atom stereocenters. The molecule has 0 fully saturated rings. The number of hydrogen-bond acceptors (Lipinski definition) is 6. The minimum atomic E-state index is -0.352. The molecule has 8 heteroatoms. The van der Waals surface area contributed by atoms with Crippen molar-refractivity contribution < 1.29 is 9.59 Å². The molecule has 0 atom stereocenters. The maximum Gasteiger partial charge on any atom is 0.234 e. The highest BCUT2D eigenvalue weighted by Crippen LogP contribution is 2.06. The molecule has 0 aromatic heterocycles. The minimum Gasteiger partial charge on any atom is -0.294 e. The van der Waals surface area contributed by atoms with Crippen LogP contribution in [0, 0.1) is 5.92 Å². The van der Waals surface area contributed by atoms with E-state index in [0.717, 1.165) is 0 Å². The van der Waals surface area contributed by atoms with Gasteiger partial charge < -0.3 is 0 Å². The van der Waals surface area contributed by atoms with Crippen molar-refractivity contribution in [2.75, 3.05) is 6.54 Å². The fraction of sp³-hybridized carbons (Fsp3) is 0.667. The molecule has 8 nitrogen and oxygen atoms in total. The summed E-state index contributed by atoms with van der Waals surface area (Å²) in [6, 6.07) is 0. The monoisotopic (exact) mass is 204 g/mol. The van der Waals surface area contributed by atoms with Crippen LogP contribution >= 0.6 is 0 Å². The van der Waals surface area contributed by atoms with Crippen LogP contribution < -0.4 is 33.8 Å². The first-order valence-electron chi connectivity index (χ1n) is 4.06. The normalized spacial score (nSPS) is 10.0. The number of nitrogens with two attached hydrogens (primary N) is 3. The molecular formula is C6H16N6O2. The van der Waals surface area contributed by atoms with Crippen molar-refractivity contribution in [3.8, 4) is 0 Å². The molecule has 0 aliphatic rings. The van der Waals surface area contributed by atoms with Gasteiger partial charge >= 0.3 is 0 Å². The fourth-order valence-corrected chi connectivity index (χ4v) is 1.03.